The van der Waals surface area contributed by atoms with E-state index in [0.717, 1.165) is 12.8 Å². The van der Waals surface area contributed by atoms with Gasteiger partial charge in [-0.15, -0.1) is 0 Å². The van der Waals surface area contributed by atoms with Gasteiger partial charge in [0.2, 0.25) is 0 Å². The van der Waals surface area contributed by atoms with Gasteiger partial charge in [-0.3, -0.25) is 0 Å². The van der Waals surface area contributed by atoms with Crippen LogP contribution in [0.1, 0.15) is 26.7 Å². The molecule has 0 rings (SSSR count). The molecule has 0 atom stereocenters. The van der Waals surface area contributed by atoms with Crippen LogP contribution in [0.3, 0.4) is 0 Å². The fraction of sp³-hybridized carbons (Fsp3) is 0.667. The van der Waals surface area contributed by atoms with Crippen LogP contribution in [0.25, 0.3) is 0 Å². The van der Waals surface area contributed by atoms with E-state index in [0.29, 0.717) is 6.61 Å². The molecule has 3 heteroatoms. The Morgan fingerprint density at radius 2 is 2.08 bits per heavy atom. The molecule has 0 aromatic heterocycles. The Kier molecular flexibility index (Phi) is 14.7. The molecule has 0 aromatic carbocycles. The third-order valence-corrected chi connectivity index (χ3v) is 0.909. The maximum absolute atomic E-state index is 10.3. The van der Waals surface area contributed by atoms with Crippen LogP contribution in [0.15, 0.2) is 12.7 Å². The summed E-state index contributed by atoms with van der Waals surface area (Å²) in [5.41, 5.74) is 0. The van der Waals surface area contributed by atoms with Gasteiger partial charge in [-0.25, -0.2) is 4.79 Å². The summed E-state index contributed by atoms with van der Waals surface area (Å²) >= 11 is 0. The average Bonchev–Trinajstić information content (AvgIpc) is 2.06. The lowest BCUT2D eigenvalue weighted by Crippen LogP contribution is -2.00. The van der Waals surface area contributed by atoms with Gasteiger partial charge in [0.05, 0.1) is 6.61 Å². The topological polar surface area (TPSA) is 46.5 Å². The van der Waals surface area contributed by atoms with Crippen molar-refractivity contribution in [2.24, 2.45) is 0 Å². The highest BCUT2D eigenvalue weighted by Crippen LogP contribution is 1.88. The van der Waals surface area contributed by atoms with Crippen molar-refractivity contribution in [3.63, 3.8) is 0 Å². The van der Waals surface area contributed by atoms with Crippen molar-refractivity contribution in [1.82, 2.24) is 0 Å². The minimum absolute atomic E-state index is 0.250. The van der Waals surface area contributed by atoms with E-state index in [1.54, 1.807) is 6.92 Å². The largest absolute Gasteiger partial charge is 0.463 e. The van der Waals surface area contributed by atoms with Gasteiger partial charge in [0.1, 0.15) is 0 Å². The maximum Gasteiger partial charge on any atom is 0.330 e. The van der Waals surface area contributed by atoms with Crippen molar-refractivity contribution < 1.29 is 14.6 Å². The third-order valence-electron chi connectivity index (χ3n) is 0.909. The molecule has 0 amide bonds. The summed E-state index contributed by atoms with van der Waals surface area (Å²) in [4.78, 5) is 10.3. The molecule has 0 spiro atoms. The Hall–Kier alpha value is -0.830. The normalized spacial score (nSPS) is 7.92. The molecule has 0 aliphatic carbocycles. The summed E-state index contributed by atoms with van der Waals surface area (Å²) < 4.78 is 4.67. The number of rotatable bonds is 4. The second-order valence-corrected chi connectivity index (χ2v) is 2.04. The van der Waals surface area contributed by atoms with Crippen LogP contribution in [0.2, 0.25) is 0 Å². The van der Waals surface area contributed by atoms with Crippen LogP contribution >= 0.6 is 0 Å². The van der Waals surface area contributed by atoms with Gasteiger partial charge in [-0.2, -0.15) is 0 Å². The van der Waals surface area contributed by atoms with E-state index in [4.69, 9.17) is 5.11 Å². The highest BCUT2D eigenvalue weighted by molar-refractivity contribution is 5.81. The summed E-state index contributed by atoms with van der Waals surface area (Å²) in [7, 11) is 0. The molecule has 0 saturated heterocycles. The first kappa shape index (κ1) is 13.7. The molecule has 0 saturated carbocycles. The molecule has 0 radical (unpaired) electrons. The number of ether oxygens (including phenoxy) is 1. The fourth-order valence-corrected chi connectivity index (χ4v) is 0.376. The van der Waals surface area contributed by atoms with Gasteiger partial charge in [-0.05, 0) is 13.3 Å². The number of unbranched alkanes of at least 4 members (excludes halogenated alkanes) is 1. The number of hydrogen-bond donors (Lipinski definition) is 1. The van der Waals surface area contributed by atoms with Crippen molar-refractivity contribution in [1.29, 1.82) is 0 Å². The van der Waals surface area contributed by atoms with E-state index in [2.05, 4.69) is 11.3 Å². The molecule has 3 nitrogen and oxygen atoms in total. The summed E-state index contributed by atoms with van der Waals surface area (Å²) in [5, 5.41) is 7.57. The zero-order valence-electron chi connectivity index (χ0n) is 7.88. The van der Waals surface area contributed by atoms with Crippen molar-refractivity contribution in [2.75, 3.05) is 13.2 Å². The van der Waals surface area contributed by atoms with Gasteiger partial charge in [-0.1, -0.05) is 19.9 Å². The molecule has 0 heterocycles. The molecule has 1 N–H and O–H groups in total. The van der Waals surface area contributed by atoms with E-state index >= 15 is 0 Å². The highest BCUT2D eigenvalue weighted by Gasteiger charge is 1.91. The second kappa shape index (κ2) is 12.8. The number of aliphatic hydroxyl groups excluding tert-OH is 1. The Balaban J connectivity index is 0. The first-order valence-electron chi connectivity index (χ1n) is 4.12. The van der Waals surface area contributed by atoms with E-state index < -0.39 is 0 Å². The van der Waals surface area contributed by atoms with Crippen LogP contribution in [0.4, 0.5) is 0 Å². The number of esters is 1. The first-order valence-corrected chi connectivity index (χ1v) is 4.12. The van der Waals surface area contributed by atoms with Gasteiger partial charge < -0.3 is 9.84 Å². The molecule has 0 bridgehead atoms. The van der Waals surface area contributed by atoms with Crippen molar-refractivity contribution in [3.05, 3.63) is 12.7 Å². The van der Waals surface area contributed by atoms with Crippen LogP contribution < -0.4 is 0 Å². The minimum atomic E-state index is -0.330. The predicted octanol–water partition coefficient (Wildman–Crippen LogP) is 1.51. The van der Waals surface area contributed by atoms with Crippen molar-refractivity contribution >= 4 is 5.97 Å². The van der Waals surface area contributed by atoms with Gasteiger partial charge in [0, 0.05) is 12.7 Å². The van der Waals surface area contributed by atoms with E-state index in [1.165, 1.54) is 6.08 Å². The number of hydrogen-bond acceptors (Lipinski definition) is 3. The molecule has 0 unspecified atom stereocenters. The molecule has 12 heavy (non-hydrogen) atoms. The average molecular weight is 174 g/mol. The molecule has 0 aliphatic heterocycles. The number of aliphatic hydroxyl groups is 1. The van der Waals surface area contributed by atoms with E-state index in [1.807, 2.05) is 6.92 Å². The monoisotopic (exact) mass is 174 g/mol. The Bertz CT molecular complexity index is 110. The quantitative estimate of drug-likeness (QED) is 0.399. The Morgan fingerprint density at radius 3 is 2.42 bits per heavy atom. The lowest BCUT2D eigenvalue weighted by Gasteiger charge is -1.97. The van der Waals surface area contributed by atoms with E-state index in [-0.39, 0.29) is 12.6 Å². The number of carbonyl (C=O) groups excluding carboxylic acids is 1. The molecular formula is C9H18O3. The minimum Gasteiger partial charge on any atom is -0.463 e. The molecular weight excluding hydrogens is 156 g/mol. The summed E-state index contributed by atoms with van der Waals surface area (Å²) in [6.45, 7) is 7.75. The molecule has 0 aromatic rings. The lowest BCUT2D eigenvalue weighted by molar-refractivity contribution is -0.137. The first-order chi connectivity index (χ1) is 5.72. The van der Waals surface area contributed by atoms with Crippen LogP contribution in [0, 0.1) is 0 Å². The SMILES string of the molecule is C=CC(=O)OCCCC.CCO. The zero-order chi connectivity index (χ0) is 9.82. The summed E-state index contributed by atoms with van der Waals surface area (Å²) in [6, 6.07) is 0. The van der Waals surface area contributed by atoms with Gasteiger partial charge in [0.25, 0.3) is 0 Å². The van der Waals surface area contributed by atoms with Crippen LogP contribution in [-0.2, 0) is 9.53 Å². The van der Waals surface area contributed by atoms with Crippen molar-refractivity contribution in [3.8, 4) is 0 Å². The summed E-state index contributed by atoms with van der Waals surface area (Å²) in [5.74, 6) is -0.330. The molecule has 0 fully saturated rings. The van der Waals surface area contributed by atoms with Crippen LogP contribution in [-0.4, -0.2) is 24.3 Å². The maximum atomic E-state index is 10.3. The smallest absolute Gasteiger partial charge is 0.330 e. The summed E-state index contributed by atoms with van der Waals surface area (Å²) in [6.07, 6.45) is 3.15. The molecule has 0 aliphatic rings. The van der Waals surface area contributed by atoms with Crippen molar-refractivity contribution in [2.45, 2.75) is 26.7 Å². The van der Waals surface area contributed by atoms with Gasteiger partial charge >= 0.3 is 5.97 Å². The Labute approximate surface area is 74.0 Å². The van der Waals surface area contributed by atoms with E-state index in [9.17, 15) is 4.79 Å². The number of carbonyl (C=O) groups is 1. The molecule has 72 valence electrons. The fourth-order valence-electron chi connectivity index (χ4n) is 0.376. The van der Waals surface area contributed by atoms with Gasteiger partial charge in [0.15, 0.2) is 0 Å². The third kappa shape index (κ3) is 16.1. The Morgan fingerprint density at radius 1 is 1.58 bits per heavy atom. The second-order valence-electron chi connectivity index (χ2n) is 2.04. The van der Waals surface area contributed by atoms with Crippen LogP contribution in [0.5, 0.6) is 0 Å². The standard InChI is InChI=1S/C7H12O2.C2H6O/c1-3-5-6-9-7(8)4-2;1-2-3/h4H,2-3,5-6H2,1H3;3H,2H2,1H3. The highest BCUT2D eigenvalue weighted by atomic mass is 16.5. The lowest BCUT2D eigenvalue weighted by atomic mass is 10.4. The predicted molar refractivity (Wildman–Crippen MR) is 48.8 cm³/mol. The zero-order valence-corrected chi connectivity index (χ0v) is 7.88.